The highest BCUT2D eigenvalue weighted by Crippen LogP contribution is 2.29. The van der Waals surface area contributed by atoms with Crippen LogP contribution < -0.4 is 10.1 Å². The number of fused-ring (bicyclic) bond motifs is 2. The van der Waals surface area contributed by atoms with E-state index in [4.69, 9.17) is 4.74 Å². The number of carbonyl (C=O) groups is 1. The minimum absolute atomic E-state index is 0.226. The lowest BCUT2D eigenvalue weighted by atomic mass is 9.91. The molecule has 8 nitrogen and oxygen atoms in total. The zero-order chi connectivity index (χ0) is 19.2. The lowest BCUT2D eigenvalue weighted by Gasteiger charge is -2.20. The van der Waals surface area contributed by atoms with Crippen LogP contribution in [0.4, 0.5) is 5.13 Å². The van der Waals surface area contributed by atoms with Crippen molar-refractivity contribution in [2.45, 2.75) is 26.2 Å². The van der Waals surface area contributed by atoms with Crippen LogP contribution in [-0.4, -0.2) is 37.6 Å². The Kier molecular flexibility index (Phi) is 4.03. The minimum atomic E-state index is -0.336. The second-order valence-electron chi connectivity index (χ2n) is 7.06. The second-order valence-corrected chi connectivity index (χ2v) is 8.09. The second kappa shape index (κ2) is 6.27. The van der Waals surface area contributed by atoms with E-state index in [0.717, 1.165) is 21.7 Å². The van der Waals surface area contributed by atoms with Gasteiger partial charge in [0.15, 0.2) is 5.13 Å². The van der Waals surface area contributed by atoms with Crippen molar-refractivity contribution < 1.29 is 9.53 Å². The fourth-order valence-corrected chi connectivity index (χ4v) is 3.55. The third-order valence-corrected chi connectivity index (χ3v) is 5.02. The Morgan fingerprint density at radius 1 is 1.22 bits per heavy atom. The van der Waals surface area contributed by atoms with Gasteiger partial charge in [0, 0.05) is 11.5 Å². The molecular formula is C18H18N6O2S. The standard InChI is InChI=1S/C18H18N6O2S/c1-18(2,3)14-8-12(21-16-19-9-20-24(14)16)15(25)23-17-22-11-7-10(26-4)5-6-13(11)27-17/h5-9H,1-4H3,(H,22,23,25). The summed E-state index contributed by atoms with van der Waals surface area (Å²) in [6.45, 7) is 6.14. The lowest BCUT2D eigenvalue weighted by Crippen LogP contribution is -2.21. The van der Waals surface area contributed by atoms with Gasteiger partial charge in [-0.05, 0) is 18.2 Å². The first-order valence-corrected chi connectivity index (χ1v) is 9.14. The number of benzene rings is 1. The van der Waals surface area contributed by atoms with Gasteiger partial charge < -0.3 is 4.74 Å². The molecule has 4 aromatic rings. The number of anilines is 1. The topological polar surface area (TPSA) is 94.3 Å². The Morgan fingerprint density at radius 2 is 2.04 bits per heavy atom. The monoisotopic (exact) mass is 382 g/mol. The predicted octanol–water partition coefficient (Wildman–Crippen LogP) is 3.29. The van der Waals surface area contributed by atoms with Crippen LogP contribution in [0.25, 0.3) is 16.0 Å². The molecule has 0 bridgehead atoms. The van der Waals surface area contributed by atoms with E-state index in [0.29, 0.717) is 10.9 Å². The molecule has 138 valence electrons. The average Bonchev–Trinajstić information content (AvgIpc) is 3.24. The molecule has 0 radical (unpaired) electrons. The van der Waals surface area contributed by atoms with Crippen molar-refractivity contribution in [1.29, 1.82) is 0 Å². The van der Waals surface area contributed by atoms with Gasteiger partial charge in [-0.2, -0.15) is 10.1 Å². The zero-order valence-corrected chi connectivity index (χ0v) is 16.2. The molecule has 0 aliphatic rings. The molecule has 1 N–H and O–H groups in total. The van der Waals surface area contributed by atoms with E-state index in [2.05, 4.69) is 25.4 Å². The molecule has 0 atom stereocenters. The molecule has 9 heteroatoms. The molecule has 4 rings (SSSR count). The summed E-state index contributed by atoms with van der Waals surface area (Å²) in [7, 11) is 1.61. The maximum atomic E-state index is 12.8. The molecule has 3 heterocycles. The normalized spacial score (nSPS) is 11.9. The molecular weight excluding hydrogens is 364 g/mol. The molecule has 0 aliphatic heterocycles. The summed E-state index contributed by atoms with van der Waals surface area (Å²) in [4.78, 5) is 25.7. The maximum absolute atomic E-state index is 12.8. The maximum Gasteiger partial charge on any atom is 0.276 e. The Balaban J connectivity index is 1.69. The molecule has 1 amide bonds. The number of hydrogen-bond acceptors (Lipinski definition) is 7. The molecule has 0 fully saturated rings. The Morgan fingerprint density at radius 3 is 2.78 bits per heavy atom. The fourth-order valence-electron chi connectivity index (χ4n) is 2.71. The van der Waals surface area contributed by atoms with Crippen molar-refractivity contribution in [2.75, 3.05) is 12.4 Å². The molecule has 1 aromatic carbocycles. The van der Waals surface area contributed by atoms with Crippen LogP contribution >= 0.6 is 11.3 Å². The molecule has 0 saturated heterocycles. The van der Waals surface area contributed by atoms with E-state index in [1.165, 1.54) is 17.7 Å². The van der Waals surface area contributed by atoms with Crippen molar-refractivity contribution >= 4 is 38.4 Å². The van der Waals surface area contributed by atoms with Crippen LogP contribution in [0.15, 0.2) is 30.6 Å². The zero-order valence-electron chi connectivity index (χ0n) is 15.3. The van der Waals surface area contributed by atoms with Crippen LogP contribution in [0.5, 0.6) is 5.75 Å². The summed E-state index contributed by atoms with van der Waals surface area (Å²) >= 11 is 1.39. The quantitative estimate of drug-likeness (QED) is 0.584. The number of aromatic nitrogens is 5. The van der Waals surface area contributed by atoms with Gasteiger partial charge in [0.25, 0.3) is 11.7 Å². The van der Waals surface area contributed by atoms with E-state index < -0.39 is 0 Å². The summed E-state index contributed by atoms with van der Waals surface area (Å²) in [5.74, 6) is 0.776. The van der Waals surface area contributed by atoms with Gasteiger partial charge in [-0.3, -0.25) is 10.1 Å². The number of hydrogen-bond donors (Lipinski definition) is 1. The average molecular weight is 382 g/mol. The Labute approximate surface area is 159 Å². The smallest absolute Gasteiger partial charge is 0.276 e. The van der Waals surface area contributed by atoms with Crippen molar-refractivity contribution in [1.82, 2.24) is 24.6 Å². The third-order valence-electron chi connectivity index (χ3n) is 4.07. The molecule has 0 unspecified atom stereocenters. The molecule has 3 aromatic heterocycles. The summed E-state index contributed by atoms with van der Waals surface area (Å²) in [5.41, 5.74) is 1.67. The number of nitrogens with one attached hydrogen (secondary N) is 1. The van der Waals surface area contributed by atoms with E-state index in [1.807, 2.05) is 39.0 Å². The number of ether oxygens (including phenoxy) is 1. The number of thiazole rings is 1. The first-order chi connectivity index (χ1) is 12.8. The summed E-state index contributed by atoms with van der Waals surface area (Å²) in [5, 5.41) is 7.54. The van der Waals surface area contributed by atoms with Gasteiger partial charge in [-0.15, -0.1) is 0 Å². The lowest BCUT2D eigenvalue weighted by molar-refractivity contribution is 0.102. The number of rotatable bonds is 3. The third kappa shape index (κ3) is 3.21. The number of methoxy groups -OCH3 is 1. The molecule has 0 aliphatic carbocycles. The summed E-state index contributed by atoms with van der Waals surface area (Å²) < 4.78 is 7.83. The van der Waals surface area contributed by atoms with E-state index >= 15 is 0 Å². The highest BCUT2D eigenvalue weighted by molar-refractivity contribution is 7.22. The fraction of sp³-hybridized carbons (Fsp3) is 0.278. The van der Waals surface area contributed by atoms with Crippen molar-refractivity contribution in [3.05, 3.63) is 42.0 Å². The number of amides is 1. The highest BCUT2D eigenvalue weighted by Gasteiger charge is 2.22. The van der Waals surface area contributed by atoms with Gasteiger partial charge in [-0.1, -0.05) is 32.1 Å². The van der Waals surface area contributed by atoms with Gasteiger partial charge >= 0.3 is 0 Å². The van der Waals surface area contributed by atoms with E-state index in [-0.39, 0.29) is 17.0 Å². The molecule has 27 heavy (non-hydrogen) atoms. The van der Waals surface area contributed by atoms with Crippen LogP contribution in [0.1, 0.15) is 37.0 Å². The van der Waals surface area contributed by atoms with Crippen molar-refractivity contribution in [3.63, 3.8) is 0 Å². The summed E-state index contributed by atoms with van der Waals surface area (Å²) in [6.07, 6.45) is 1.43. The molecule has 0 spiro atoms. The van der Waals surface area contributed by atoms with Gasteiger partial charge in [0.05, 0.1) is 23.0 Å². The van der Waals surface area contributed by atoms with Crippen LogP contribution in [-0.2, 0) is 5.41 Å². The minimum Gasteiger partial charge on any atom is -0.497 e. The van der Waals surface area contributed by atoms with Crippen LogP contribution in [0, 0.1) is 0 Å². The number of carbonyl (C=O) groups excluding carboxylic acids is 1. The first-order valence-electron chi connectivity index (χ1n) is 8.32. The van der Waals surface area contributed by atoms with Crippen LogP contribution in [0.2, 0.25) is 0 Å². The SMILES string of the molecule is COc1ccc2sc(NC(=O)c3cc(C(C)(C)C)n4ncnc4n3)nc2c1. The van der Waals surface area contributed by atoms with Crippen molar-refractivity contribution in [2.24, 2.45) is 0 Å². The van der Waals surface area contributed by atoms with E-state index in [9.17, 15) is 4.79 Å². The van der Waals surface area contributed by atoms with Crippen molar-refractivity contribution in [3.8, 4) is 5.75 Å². The van der Waals surface area contributed by atoms with Gasteiger partial charge in [0.2, 0.25) is 0 Å². The predicted molar refractivity (Wildman–Crippen MR) is 104 cm³/mol. The van der Waals surface area contributed by atoms with Gasteiger partial charge in [0.1, 0.15) is 17.8 Å². The molecule has 0 saturated carbocycles. The Hall–Kier alpha value is -3.07. The van der Waals surface area contributed by atoms with Crippen LogP contribution in [0.3, 0.4) is 0 Å². The van der Waals surface area contributed by atoms with Gasteiger partial charge in [-0.25, -0.2) is 14.5 Å². The Bertz CT molecular complexity index is 1160. The summed E-state index contributed by atoms with van der Waals surface area (Å²) in [6, 6.07) is 7.36. The first kappa shape index (κ1) is 17.3. The highest BCUT2D eigenvalue weighted by atomic mass is 32.1. The van der Waals surface area contributed by atoms with E-state index in [1.54, 1.807) is 17.7 Å². The number of nitrogens with zero attached hydrogens (tertiary/aromatic N) is 5. The largest absolute Gasteiger partial charge is 0.497 e.